The third kappa shape index (κ3) is 4.36. The molecule has 0 spiro atoms. The molecule has 0 aliphatic carbocycles. The number of anilines is 1. The van der Waals surface area contributed by atoms with Crippen molar-refractivity contribution >= 4 is 27.4 Å². The van der Waals surface area contributed by atoms with Crippen molar-refractivity contribution in [3.05, 3.63) is 60.2 Å². The van der Waals surface area contributed by atoms with E-state index < -0.39 is 22.4 Å². The fourth-order valence-corrected chi connectivity index (χ4v) is 4.44. The minimum atomic E-state index is -3.55. The first-order chi connectivity index (χ1) is 12.9. The highest BCUT2D eigenvalue weighted by molar-refractivity contribution is 7.91. The van der Waals surface area contributed by atoms with Crippen LogP contribution in [0, 0.1) is 0 Å². The number of ether oxygens (including phenoxy) is 1. The number of amides is 1. The van der Waals surface area contributed by atoms with Crippen LogP contribution in [-0.2, 0) is 30.6 Å². The number of benzene rings is 2. The third-order valence-electron chi connectivity index (χ3n) is 4.51. The summed E-state index contributed by atoms with van der Waals surface area (Å²) in [7, 11) is -3.55. The number of hydrogen-bond donors (Lipinski definition) is 0. The molecule has 0 fully saturated rings. The molecule has 6 nitrogen and oxygen atoms in total. The molecule has 1 aliphatic heterocycles. The largest absolute Gasteiger partial charge is 0.456 e. The number of esters is 1. The molecule has 2 aromatic carbocycles. The van der Waals surface area contributed by atoms with Crippen LogP contribution in [0.1, 0.15) is 18.9 Å². The van der Waals surface area contributed by atoms with Crippen LogP contribution in [0.3, 0.4) is 0 Å². The molecule has 0 saturated heterocycles. The first-order valence-corrected chi connectivity index (χ1v) is 10.4. The fourth-order valence-electron chi connectivity index (χ4n) is 3.19. The van der Waals surface area contributed by atoms with Gasteiger partial charge in [0.1, 0.15) is 0 Å². The van der Waals surface area contributed by atoms with Crippen LogP contribution in [0.2, 0.25) is 0 Å². The summed E-state index contributed by atoms with van der Waals surface area (Å²) in [5.41, 5.74) is 1.91. The number of carbonyl (C=O) groups excluding carboxylic acids is 2. The molecule has 1 atom stereocenters. The van der Waals surface area contributed by atoms with Crippen LogP contribution in [0.25, 0.3) is 0 Å². The van der Waals surface area contributed by atoms with Gasteiger partial charge in [0.05, 0.1) is 17.1 Å². The van der Waals surface area contributed by atoms with Gasteiger partial charge >= 0.3 is 5.97 Å². The van der Waals surface area contributed by atoms with Crippen molar-refractivity contribution in [1.82, 2.24) is 0 Å². The minimum Gasteiger partial charge on any atom is -0.456 e. The Kier molecular flexibility index (Phi) is 5.60. The molecule has 0 bridgehead atoms. The van der Waals surface area contributed by atoms with Crippen molar-refractivity contribution < 1.29 is 22.7 Å². The van der Waals surface area contributed by atoms with E-state index in [1.165, 1.54) is 12.1 Å². The number of fused-ring (bicyclic) bond motifs is 1. The Labute approximate surface area is 158 Å². The standard InChI is InChI=1S/C20H21NO5S/c1-15-13-16-7-5-6-10-18(16)21(15)19(22)14-26-20(23)11-12-27(24,25)17-8-3-2-4-9-17/h2-10,15H,11-14H2,1H3/t15-/m1/s1. The molecule has 0 aromatic heterocycles. The number of hydrogen-bond acceptors (Lipinski definition) is 5. The molecule has 2 aromatic rings. The van der Waals surface area contributed by atoms with Crippen molar-refractivity contribution in [3.8, 4) is 0 Å². The van der Waals surface area contributed by atoms with Crippen molar-refractivity contribution in [2.45, 2.75) is 30.7 Å². The van der Waals surface area contributed by atoms with Gasteiger partial charge in [-0.15, -0.1) is 0 Å². The number of nitrogens with zero attached hydrogens (tertiary/aromatic N) is 1. The van der Waals surface area contributed by atoms with Gasteiger partial charge in [-0.2, -0.15) is 0 Å². The number of rotatable bonds is 6. The topological polar surface area (TPSA) is 80.8 Å². The van der Waals surface area contributed by atoms with Gasteiger partial charge in [0.25, 0.3) is 5.91 Å². The highest BCUT2D eigenvalue weighted by Gasteiger charge is 2.31. The van der Waals surface area contributed by atoms with E-state index in [-0.39, 0.29) is 29.0 Å². The molecule has 1 amide bonds. The Morgan fingerprint density at radius 1 is 1.07 bits per heavy atom. The fraction of sp³-hybridized carbons (Fsp3) is 0.300. The lowest BCUT2D eigenvalue weighted by Crippen LogP contribution is -2.38. The minimum absolute atomic E-state index is 0.00735. The summed E-state index contributed by atoms with van der Waals surface area (Å²) in [6.45, 7) is 1.54. The maximum absolute atomic E-state index is 12.5. The van der Waals surface area contributed by atoms with Crippen LogP contribution in [-0.4, -0.2) is 38.7 Å². The molecule has 3 rings (SSSR count). The third-order valence-corrected chi connectivity index (χ3v) is 6.24. The zero-order valence-electron chi connectivity index (χ0n) is 15.0. The van der Waals surface area contributed by atoms with Crippen LogP contribution in [0.15, 0.2) is 59.5 Å². The van der Waals surface area contributed by atoms with Gasteiger partial charge in [-0.05, 0) is 37.1 Å². The molecule has 1 aliphatic rings. The van der Waals surface area contributed by atoms with E-state index in [1.807, 2.05) is 31.2 Å². The van der Waals surface area contributed by atoms with Gasteiger partial charge in [0.15, 0.2) is 16.4 Å². The molecule has 0 radical (unpaired) electrons. The van der Waals surface area contributed by atoms with Crippen molar-refractivity contribution in [3.63, 3.8) is 0 Å². The highest BCUT2D eigenvalue weighted by atomic mass is 32.2. The van der Waals surface area contributed by atoms with E-state index in [4.69, 9.17) is 4.74 Å². The summed E-state index contributed by atoms with van der Waals surface area (Å²) in [6, 6.07) is 15.5. The first kappa shape index (κ1) is 19.1. The molecule has 27 heavy (non-hydrogen) atoms. The van der Waals surface area contributed by atoms with E-state index in [0.717, 1.165) is 17.7 Å². The molecular weight excluding hydrogens is 366 g/mol. The van der Waals surface area contributed by atoms with E-state index in [1.54, 1.807) is 23.1 Å². The van der Waals surface area contributed by atoms with E-state index in [0.29, 0.717) is 0 Å². The van der Waals surface area contributed by atoms with E-state index in [9.17, 15) is 18.0 Å². The maximum atomic E-state index is 12.5. The lowest BCUT2D eigenvalue weighted by Gasteiger charge is -2.22. The van der Waals surface area contributed by atoms with Crippen LogP contribution in [0.4, 0.5) is 5.69 Å². The summed E-state index contributed by atoms with van der Waals surface area (Å²) in [4.78, 5) is 26.2. The van der Waals surface area contributed by atoms with Gasteiger partial charge in [-0.1, -0.05) is 36.4 Å². The Bertz CT molecular complexity index is 940. The zero-order chi connectivity index (χ0) is 19.4. The molecule has 0 saturated carbocycles. The highest BCUT2D eigenvalue weighted by Crippen LogP contribution is 2.31. The lowest BCUT2D eigenvalue weighted by molar-refractivity contribution is -0.147. The Balaban J connectivity index is 1.53. The van der Waals surface area contributed by atoms with Gasteiger partial charge in [-0.3, -0.25) is 9.59 Å². The summed E-state index contributed by atoms with van der Waals surface area (Å²) >= 11 is 0. The molecule has 0 N–H and O–H groups in total. The monoisotopic (exact) mass is 387 g/mol. The lowest BCUT2D eigenvalue weighted by atomic mass is 10.1. The second-order valence-electron chi connectivity index (χ2n) is 6.49. The van der Waals surface area contributed by atoms with Crippen molar-refractivity contribution in [2.75, 3.05) is 17.3 Å². The smallest absolute Gasteiger partial charge is 0.307 e. The number of sulfone groups is 1. The van der Waals surface area contributed by atoms with Crippen LogP contribution >= 0.6 is 0 Å². The van der Waals surface area contributed by atoms with Gasteiger partial charge in [-0.25, -0.2) is 8.42 Å². The predicted octanol–water partition coefficient (Wildman–Crippen LogP) is 2.37. The van der Waals surface area contributed by atoms with Crippen LogP contribution in [0.5, 0.6) is 0 Å². The van der Waals surface area contributed by atoms with Gasteiger partial charge in [0.2, 0.25) is 0 Å². The average Bonchev–Trinajstić information content (AvgIpc) is 3.01. The van der Waals surface area contributed by atoms with Gasteiger partial charge < -0.3 is 9.64 Å². The average molecular weight is 387 g/mol. The molecular formula is C20H21NO5S. The van der Waals surface area contributed by atoms with E-state index in [2.05, 4.69) is 0 Å². The second-order valence-corrected chi connectivity index (χ2v) is 8.60. The second kappa shape index (κ2) is 7.92. The molecule has 7 heteroatoms. The summed E-state index contributed by atoms with van der Waals surface area (Å²) in [6.07, 6.45) is 0.460. The van der Waals surface area contributed by atoms with Crippen molar-refractivity contribution in [2.24, 2.45) is 0 Å². The zero-order valence-corrected chi connectivity index (χ0v) is 15.8. The molecule has 1 heterocycles. The Hall–Kier alpha value is -2.67. The van der Waals surface area contributed by atoms with Crippen molar-refractivity contribution in [1.29, 1.82) is 0 Å². The Morgan fingerprint density at radius 3 is 2.48 bits per heavy atom. The normalized spacial score (nSPS) is 16.0. The summed E-state index contributed by atoms with van der Waals surface area (Å²) < 4.78 is 29.4. The Morgan fingerprint density at radius 2 is 1.74 bits per heavy atom. The number of carbonyl (C=O) groups is 2. The first-order valence-electron chi connectivity index (χ1n) is 8.72. The summed E-state index contributed by atoms with van der Waals surface area (Å²) in [5.74, 6) is -1.37. The van der Waals surface area contributed by atoms with E-state index >= 15 is 0 Å². The number of para-hydroxylation sites is 1. The predicted molar refractivity (Wildman–Crippen MR) is 101 cm³/mol. The molecule has 0 unspecified atom stereocenters. The van der Waals surface area contributed by atoms with Gasteiger partial charge in [0, 0.05) is 11.7 Å². The summed E-state index contributed by atoms with van der Waals surface area (Å²) in [5, 5.41) is 0. The molecule has 142 valence electrons. The maximum Gasteiger partial charge on any atom is 0.307 e. The SMILES string of the molecule is C[C@@H]1Cc2ccccc2N1C(=O)COC(=O)CCS(=O)(=O)c1ccccc1. The van der Waals surface area contributed by atoms with Crippen LogP contribution < -0.4 is 4.90 Å². The quantitative estimate of drug-likeness (QED) is 0.711.